The number of rotatable bonds is 6. The van der Waals surface area contributed by atoms with Crippen LogP contribution < -0.4 is 4.74 Å². The van der Waals surface area contributed by atoms with Crippen LogP contribution in [0.5, 0.6) is 5.75 Å². The molecule has 0 atom stereocenters. The first-order valence-electron chi connectivity index (χ1n) is 6.14. The van der Waals surface area contributed by atoms with E-state index in [9.17, 15) is 19.7 Å². The number of hydrogen-bond donors (Lipinski definition) is 0. The number of carbonyl (C=O) groups is 2. The maximum atomic E-state index is 12.1. The standard InChI is InChI=1S/C13H16N2O6/c1-4-21-11-6-5-9(7-10(11)15(18)19)13(17)14(2)8-12(16)20-3/h5-7H,4,8H2,1-3H3. The Hall–Kier alpha value is -2.64. The van der Waals surface area contributed by atoms with Crippen molar-refractivity contribution in [2.45, 2.75) is 6.92 Å². The van der Waals surface area contributed by atoms with E-state index in [4.69, 9.17) is 4.74 Å². The third kappa shape index (κ3) is 4.16. The molecule has 114 valence electrons. The minimum atomic E-state index is -0.623. The molecular weight excluding hydrogens is 280 g/mol. The second-order valence-electron chi connectivity index (χ2n) is 4.11. The molecule has 0 unspecified atom stereocenters. The molecule has 8 heteroatoms. The number of nitro benzene ring substituents is 1. The quantitative estimate of drug-likeness (QED) is 0.445. The number of methoxy groups -OCH3 is 1. The van der Waals surface area contributed by atoms with Crippen LogP contribution in [0.3, 0.4) is 0 Å². The smallest absolute Gasteiger partial charge is 0.325 e. The van der Waals surface area contributed by atoms with Crippen molar-refractivity contribution in [3.8, 4) is 5.75 Å². The van der Waals surface area contributed by atoms with Gasteiger partial charge in [0.25, 0.3) is 5.91 Å². The molecule has 0 heterocycles. The van der Waals surface area contributed by atoms with Gasteiger partial charge in [0, 0.05) is 18.7 Å². The highest BCUT2D eigenvalue weighted by Crippen LogP contribution is 2.28. The Bertz CT molecular complexity index is 558. The number of likely N-dealkylation sites (N-methyl/N-ethyl adjacent to an activating group) is 1. The zero-order valence-electron chi connectivity index (χ0n) is 12.0. The highest BCUT2D eigenvalue weighted by Gasteiger charge is 2.21. The van der Waals surface area contributed by atoms with E-state index < -0.39 is 16.8 Å². The summed E-state index contributed by atoms with van der Waals surface area (Å²) in [5.74, 6) is -1.01. The number of nitrogens with zero attached hydrogens (tertiary/aromatic N) is 2. The van der Waals surface area contributed by atoms with Crippen LogP contribution in [0.2, 0.25) is 0 Å². The molecule has 0 saturated heterocycles. The summed E-state index contributed by atoms with van der Waals surface area (Å²) in [4.78, 5) is 34.7. The Morgan fingerprint density at radius 2 is 2.05 bits per heavy atom. The molecule has 0 aliphatic heterocycles. The van der Waals surface area contributed by atoms with E-state index in [1.54, 1.807) is 6.92 Å². The van der Waals surface area contributed by atoms with Crippen molar-refractivity contribution in [3.63, 3.8) is 0 Å². The monoisotopic (exact) mass is 296 g/mol. The second-order valence-corrected chi connectivity index (χ2v) is 4.11. The number of carbonyl (C=O) groups excluding carboxylic acids is 2. The molecule has 21 heavy (non-hydrogen) atoms. The van der Waals surface area contributed by atoms with Crippen LogP contribution >= 0.6 is 0 Å². The van der Waals surface area contributed by atoms with Crippen molar-refractivity contribution in [1.29, 1.82) is 0 Å². The Morgan fingerprint density at radius 1 is 1.38 bits per heavy atom. The van der Waals surface area contributed by atoms with E-state index in [1.165, 1.54) is 26.3 Å². The molecule has 1 aromatic rings. The Labute approximate surface area is 121 Å². The van der Waals surface area contributed by atoms with Crippen LogP contribution in [0.4, 0.5) is 5.69 Å². The highest BCUT2D eigenvalue weighted by atomic mass is 16.6. The lowest BCUT2D eigenvalue weighted by atomic mass is 10.1. The van der Waals surface area contributed by atoms with Crippen molar-refractivity contribution in [2.75, 3.05) is 27.3 Å². The lowest BCUT2D eigenvalue weighted by Crippen LogP contribution is -2.32. The third-order valence-electron chi connectivity index (χ3n) is 2.64. The Kier molecular flexibility index (Phi) is 5.65. The summed E-state index contributed by atoms with van der Waals surface area (Å²) in [5.41, 5.74) is -0.203. The summed E-state index contributed by atoms with van der Waals surface area (Å²) in [7, 11) is 2.61. The minimum Gasteiger partial charge on any atom is -0.487 e. The van der Waals surface area contributed by atoms with Crippen LogP contribution in [-0.4, -0.2) is 49.0 Å². The topological polar surface area (TPSA) is 99.0 Å². The lowest BCUT2D eigenvalue weighted by Gasteiger charge is -2.15. The maximum absolute atomic E-state index is 12.1. The first-order valence-corrected chi connectivity index (χ1v) is 6.14. The summed E-state index contributed by atoms with van der Waals surface area (Å²) in [5, 5.41) is 11.0. The summed E-state index contributed by atoms with van der Waals surface area (Å²) in [6, 6.07) is 3.90. The largest absolute Gasteiger partial charge is 0.487 e. The van der Waals surface area contributed by atoms with Crippen molar-refractivity contribution in [1.82, 2.24) is 4.90 Å². The highest BCUT2D eigenvalue weighted by molar-refractivity contribution is 5.96. The summed E-state index contributed by atoms with van der Waals surface area (Å²) in [6.45, 7) is 1.74. The maximum Gasteiger partial charge on any atom is 0.325 e. The summed E-state index contributed by atoms with van der Waals surface area (Å²) >= 11 is 0. The minimum absolute atomic E-state index is 0.0923. The van der Waals surface area contributed by atoms with Gasteiger partial charge in [0.05, 0.1) is 18.6 Å². The zero-order valence-corrected chi connectivity index (χ0v) is 12.0. The molecule has 0 bridgehead atoms. The predicted molar refractivity (Wildman–Crippen MR) is 73.2 cm³/mol. The SMILES string of the molecule is CCOc1ccc(C(=O)N(C)CC(=O)OC)cc1[N+](=O)[O-]. The van der Waals surface area contributed by atoms with E-state index in [-0.39, 0.29) is 30.2 Å². The van der Waals surface area contributed by atoms with Crippen LogP contribution in [0.15, 0.2) is 18.2 Å². The van der Waals surface area contributed by atoms with Gasteiger partial charge >= 0.3 is 11.7 Å². The molecule has 1 rings (SSSR count). The van der Waals surface area contributed by atoms with E-state index in [2.05, 4.69) is 4.74 Å². The number of hydrogen-bond acceptors (Lipinski definition) is 6. The molecule has 0 radical (unpaired) electrons. The number of esters is 1. The van der Waals surface area contributed by atoms with Gasteiger partial charge in [-0.15, -0.1) is 0 Å². The lowest BCUT2D eigenvalue weighted by molar-refractivity contribution is -0.385. The molecule has 0 spiro atoms. The Morgan fingerprint density at radius 3 is 2.57 bits per heavy atom. The van der Waals surface area contributed by atoms with Gasteiger partial charge in [0.1, 0.15) is 6.54 Å². The van der Waals surface area contributed by atoms with E-state index >= 15 is 0 Å². The van der Waals surface area contributed by atoms with Gasteiger partial charge < -0.3 is 14.4 Å². The fraction of sp³-hybridized carbons (Fsp3) is 0.385. The molecule has 0 N–H and O–H groups in total. The van der Waals surface area contributed by atoms with E-state index in [1.807, 2.05) is 0 Å². The van der Waals surface area contributed by atoms with Gasteiger partial charge in [-0.1, -0.05) is 0 Å². The fourth-order valence-corrected chi connectivity index (χ4v) is 1.62. The number of benzene rings is 1. The van der Waals surface area contributed by atoms with Gasteiger partial charge in [-0.2, -0.15) is 0 Å². The van der Waals surface area contributed by atoms with Gasteiger partial charge in [-0.25, -0.2) is 0 Å². The first-order chi connectivity index (χ1) is 9.90. The van der Waals surface area contributed by atoms with Crippen LogP contribution in [0.1, 0.15) is 17.3 Å². The van der Waals surface area contributed by atoms with Gasteiger partial charge in [-0.05, 0) is 19.1 Å². The number of nitro groups is 1. The molecule has 1 amide bonds. The van der Waals surface area contributed by atoms with E-state index in [0.717, 1.165) is 11.0 Å². The van der Waals surface area contributed by atoms with Gasteiger partial charge in [-0.3, -0.25) is 19.7 Å². The van der Waals surface area contributed by atoms with Gasteiger partial charge in [0.2, 0.25) is 0 Å². The first kappa shape index (κ1) is 16.4. The van der Waals surface area contributed by atoms with Crippen LogP contribution in [-0.2, 0) is 9.53 Å². The molecule has 0 aliphatic rings. The number of ether oxygens (including phenoxy) is 2. The molecule has 0 saturated carbocycles. The van der Waals surface area contributed by atoms with Crippen LogP contribution in [0.25, 0.3) is 0 Å². The third-order valence-corrected chi connectivity index (χ3v) is 2.64. The van der Waals surface area contributed by atoms with Gasteiger partial charge in [0.15, 0.2) is 5.75 Å². The van der Waals surface area contributed by atoms with Crippen molar-refractivity contribution in [3.05, 3.63) is 33.9 Å². The Balaban J connectivity index is 3.02. The van der Waals surface area contributed by atoms with E-state index in [0.29, 0.717) is 0 Å². The summed E-state index contributed by atoms with van der Waals surface area (Å²) in [6.07, 6.45) is 0. The molecule has 8 nitrogen and oxygen atoms in total. The molecule has 1 aromatic carbocycles. The molecule has 0 aliphatic carbocycles. The normalized spacial score (nSPS) is 9.86. The van der Waals surface area contributed by atoms with Crippen molar-refractivity contribution >= 4 is 17.6 Å². The van der Waals surface area contributed by atoms with Crippen molar-refractivity contribution in [2.24, 2.45) is 0 Å². The fourth-order valence-electron chi connectivity index (χ4n) is 1.62. The molecular formula is C13H16N2O6. The average molecular weight is 296 g/mol. The van der Waals surface area contributed by atoms with Crippen molar-refractivity contribution < 1.29 is 24.0 Å². The predicted octanol–water partition coefficient (Wildman–Crippen LogP) is 1.24. The molecule has 0 fully saturated rings. The zero-order chi connectivity index (χ0) is 16.0. The van der Waals surface area contributed by atoms with Crippen LogP contribution in [0, 0.1) is 10.1 Å². The number of amides is 1. The molecule has 0 aromatic heterocycles. The second kappa shape index (κ2) is 7.22. The average Bonchev–Trinajstić information content (AvgIpc) is 2.46. The summed E-state index contributed by atoms with van der Waals surface area (Å²) < 4.78 is 9.59.